The van der Waals surface area contributed by atoms with E-state index in [0.717, 1.165) is 6.61 Å². The third-order valence-electron chi connectivity index (χ3n) is 3.29. The molecule has 13 heavy (non-hydrogen) atoms. The van der Waals surface area contributed by atoms with Crippen LogP contribution >= 0.6 is 0 Å². The van der Waals surface area contributed by atoms with E-state index in [-0.39, 0.29) is 0 Å². The van der Waals surface area contributed by atoms with Gasteiger partial charge >= 0.3 is 0 Å². The lowest BCUT2D eigenvalue weighted by atomic mass is 9.91. The number of hydrogen-bond donors (Lipinski definition) is 0. The van der Waals surface area contributed by atoms with E-state index in [1.807, 2.05) is 0 Å². The Morgan fingerprint density at radius 3 is 2.77 bits per heavy atom. The number of unbranched alkanes of at least 4 members (excludes halogenated alkanes) is 2. The molecule has 2 fully saturated rings. The fourth-order valence-electron chi connectivity index (χ4n) is 2.52. The Morgan fingerprint density at radius 2 is 2.15 bits per heavy atom. The molecule has 2 aliphatic rings. The minimum atomic E-state index is 0.312. The van der Waals surface area contributed by atoms with Gasteiger partial charge in [0.1, 0.15) is 0 Å². The van der Waals surface area contributed by atoms with Gasteiger partial charge in [0.25, 0.3) is 0 Å². The molecule has 0 saturated carbocycles. The largest absolute Gasteiger partial charge is 0.372 e. The predicted octanol–water partition coefficient (Wildman–Crippen LogP) is 2.04. The van der Waals surface area contributed by atoms with Crippen molar-refractivity contribution in [3.63, 3.8) is 0 Å². The van der Waals surface area contributed by atoms with Crippen LogP contribution in [0, 0.1) is 0 Å². The standard InChI is InChI=1S/C11H21NO/c1-2-3-4-7-12-9-11(10-12)6-5-8-13-11/h2-10H2,1H3. The summed E-state index contributed by atoms with van der Waals surface area (Å²) in [5.74, 6) is 0. The van der Waals surface area contributed by atoms with Crippen molar-refractivity contribution in [3.05, 3.63) is 0 Å². The van der Waals surface area contributed by atoms with Gasteiger partial charge in [0, 0.05) is 19.7 Å². The SMILES string of the molecule is CCCCCN1CC2(CCCO2)C1. The van der Waals surface area contributed by atoms with Crippen LogP contribution in [0.15, 0.2) is 0 Å². The highest BCUT2D eigenvalue weighted by Gasteiger charge is 2.45. The molecule has 2 aliphatic heterocycles. The molecule has 0 N–H and O–H groups in total. The smallest absolute Gasteiger partial charge is 0.0935 e. The first-order chi connectivity index (χ1) is 6.35. The lowest BCUT2D eigenvalue weighted by molar-refractivity contribution is -0.111. The van der Waals surface area contributed by atoms with Crippen LogP contribution in [0.5, 0.6) is 0 Å². The summed E-state index contributed by atoms with van der Waals surface area (Å²) in [7, 11) is 0. The van der Waals surface area contributed by atoms with Crippen LogP contribution in [0.25, 0.3) is 0 Å². The summed E-state index contributed by atoms with van der Waals surface area (Å²) in [6, 6.07) is 0. The van der Waals surface area contributed by atoms with Crippen molar-refractivity contribution in [3.8, 4) is 0 Å². The number of nitrogens with zero attached hydrogens (tertiary/aromatic N) is 1. The second kappa shape index (κ2) is 3.97. The molecular formula is C11H21NO. The van der Waals surface area contributed by atoms with Crippen LogP contribution < -0.4 is 0 Å². The molecular weight excluding hydrogens is 162 g/mol. The van der Waals surface area contributed by atoms with Crippen molar-refractivity contribution in [2.75, 3.05) is 26.2 Å². The lowest BCUT2D eigenvalue weighted by Gasteiger charge is -2.47. The maximum absolute atomic E-state index is 5.77. The first-order valence-corrected chi connectivity index (χ1v) is 5.71. The monoisotopic (exact) mass is 183 g/mol. The Labute approximate surface area is 81.3 Å². The zero-order valence-electron chi connectivity index (χ0n) is 8.72. The molecule has 2 heteroatoms. The summed E-state index contributed by atoms with van der Waals surface area (Å²) in [5, 5.41) is 0. The second-order valence-corrected chi connectivity index (χ2v) is 4.55. The average Bonchev–Trinajstić information content (AvgIpc) is 2.52. The molecule has 0 aliphatic carbocycles. The Kier molecular flexibility index (Phi) is 2.89. The van der Waals surface area contributed by atoms with Crippen molar-refractivity contribution in [2.45, 2.75) is 44.6 Å². The molecule has 0 amide bonds. The van der Waals surface area contributed by atoms with Crippen LogP contribution in [0.1, 0.15) is 39.0 Å². The molecule has 2 heterocycles. The molecule has 0 radical (unpaired) electrons. The third kappa shape index (κ3) is 2.05. The second-order valence-electron chi connectivity index (χ2n) is 4.55. The highest BCUT2D eigenvalue weighted by molar-refractivity contribution is 4.99. The van der Waals surface area contributed by atoms with Crippen molar-refractivity contribution < 1.29 is 4.74 Å². The van der Waals surface area contributed by atoms with E-state index in [9.17, 15) is 0 Å². The first-order valence-electron chi connectivity index (χ1n) is 5.71. The van der Waals surface area contributed by atoms with E-state index in [2.05, 4.69) is 11.8 Å². The fourth-order valence-corrected chi connectivity index (χ4v) is 2.52. The molecule has 2 saturated heterocycles. The van der Waals surface area contributed by atoms with Gasteiger partial charge in [-0.05, 0) is 25.8 Å². The van der Waals surface area contributed by atoms with Crippen LogP contribution in [-0.2, 0) is 4.74 Å². The molecule has 0 unspecified atom stereocenters. The molecule has 0 atom stereocenters. The number of ether oxygens (including phenoxy) is 1. The zero-order valence-corrected chi connectivity index (χ0v) is 8.72. The Hall–Kier alpha value is -0.0800. The van der Waals surface area contributed by atoms with Gasteiger partial charge in [0.15, 0.2) is 0 Å². The minimum Gasteiger partial charge on any atom is -0.372 e. The molecule has 1 spiro atoms. The van der Waals surface area contributed by atoms with Crippen molar-refractivity contribution in [1.29, 1.82) is 0 Å². The number of rotatable bonds is 4. The van der Waals surface area contributed by atoms with Gasteiger partial charge in [-0.15, -0.1) is 0 Å². The van der Waals surface area contributed by atoms with E-state index < -0.39 is 0 Å². The summed E-state index contributed by atoms with van der Waals surface area (Å²) in [6.45, 7) is 6.97. The molecule has 0 aromatic rings. The lowest BCUT2D eigenvalue weighted by Crippen LogP contribution is -2.61. The Bertz CT molecular complexity index is 155. The average molecular weight is 183 g/mol. The van der Waals surface area contributed by atoms with E-state index in [4.69, 9.17) is 4.74 Å². The van der Waals surface area contributed by atoms with Crippen LogP contribution in [-0.4, -0.2) is 36.7 Å². The summed E-state index contributed by atoms with van der Waals surface area (Å²) in [4.78, 5) is 2.54. The van der Waals surface area contributed by atoms with Crippen LogP contribution in [0.4, 0.5) is 0 Å². The Balaban J connectivity index is 1.61. The molecule has 0 aromatic heterocycles. The van der Waals surface area contributed by atoms with Gasteiger partial charge in [-0.25, -0.2) is 0 Å². The fraction of sp³-hybridized carbons (Fsp3) is 1.00. The van der Waals surface area contributed by atoms with E-state index in [1.165, 1.54) is 51.7 Å². The van der Waals surface area contributed by atoms with Gasteiger partial charge < -0.3 is 4.74 Å². The van der Waals surface area contributed by atoms with Gasteiger partial charge in [-0.2, -0.15) is 0 Å². The van der Waals surface area contributed by atoms with Gasteiger partial charge in [0.05, 0.1) is 5.60 Å². The molecule has 76 valence electrons. The van der Waals surface area contributed by atoms with Gasteiger partial charge in [-0.3, -0.25) is 4.90 Å². The first kappa shape index (κ1) is 9.47. The van der Waals surface area contributed by atoms with Gasteiger partial charge in [0.2, 0.25) is 0 Å². The summed E-state index contributed by atoms with van der Waals surface area (Å²) in [5.41, 5.74) is 0.312. The summed E-state index contributed by atoms with van der Waals surface area (Å²) >= 11 is 0. The van der Waals surface area contributed by atoms with Crippen molar-refractivity contribution in [2.24, 2.45) is 0 Å². The predicted molar refractivity (Wildman–Crippen MR) is 53.9 cm³/mol. The number of hydrogen-bond acceptors (Lipinski definition) is 2. The Morgan fingerprint density at radius 1 is 1.31 bits per heavy atom. The van der Waals surface area contributed by atoms with Crippen molar-refractivity contribution >= 4 is 0 Å². The van der Waals surface area contributed by atoms with E-state index in [0.29, 0.717) is 5.60 Å². The number of likely N-dealkylation sites (tertiary alicyclic amines) is 1. The van der Waals surface area contributed by atoms with Gasteiger partial charge in [-0.1, -0.05) is 19.8 Å². The van der Waals surface area contributed by atoms with Crippen LogP contribution in [0.2, 0.25) is 0 Å². The van der Waals surface area contributed by atoms with Crippen molar-refractivity contribution in [1.82, 2.24) is 4.90 Å². The molecule has 2 rings (SSSR count). The topological polar surface area (TPSA) is 12.5 Å². The quantitative estimate of drug-likeness (QED) is 0.618. The summed E-state index contributed by atoms with van der Waals surface area (Å²) in [6.07, 6.45) is 6.66. The molecule has 2 nitrogen and oxygen atoms in total. The minimum absolute atomic E-state index is 0.312. The zero-order chi connectivity index (χ0) is 9.15. The summed E-state index contributed by atoms with van der Waals surface area (Å²) < 4.78 is 5.77. The maximum atomic E-state index is 5.77. The highest BCUT2D eigenvalue weighted by Crippen LogP contribution is 2.34. The normalized spacial score (nSPS) is 26.5. The van der Waals surface area contributed by atoms with E-state index >= 15 is 0 Å². The van der Waals surface area contributed by atoms with Crippen LogP contribution in [0.3, 0.4) is 0 Å². The third-order valence-corrected chi connectivity index (χ3v) is 3.29. The highest BCUT2D eigenvalue weighted by atomic mass is 16.5. The molecule has 0 bridgehead atoms. The van der Waals surface area contributed by atoms with E-state index in [1.54, 1.807) is 0 Å². The maximum Gasteiger partial charge on any atom is 0.0935 e. The molecule has 0 aromatic carbocycles.